The Bertz CT molecular complexity index is 752. The molecule has 1 fully saturated rings. The highest BCUT2D eigenvalue weighted by Gasteiger charge is 2.31. The number of alkyl halides is 3. The molecule has 0 spiro atoms. The summed E-state index contributed by atoms with van der Waals surface area (Å²) in [6.07, 6.45) is -1.39. The third kappa shape index (κ3) is 3.16. The fourth-order valence-electron chi connectivity index (χ4n) is 3.17. The van der Waals surface area contributed by atoms with Crippen LogP contribution in [-0.4, -0.2) is 31.0 Å². The van der Waals surface area contributed by atoms with Crippen LogP contribution in [0.15, 0.2) is 30.5 Å². The molecule has 7 heteroatoms. The monoisotopic (exact) mass is 337 g/mol. The number of nitrogens with one attached hydrogen (secondary N) is 1. The third-order valence-electron chi connectivity index (χ3n) is 4.50. The number of carbonyl (C=O) groups is 1. The molecule has 0 bridgehead atoms. The predicted octanol–water partition coefficient (Wildman–Crippen LogP) is 3.22. The average Bonchev–Trinajstić information content (AvgIpc) is 2.59. The van der Waals surface area contributed by atoms with Gasteiger partial charge in [-0.25, -0.2) is 0 Å². The van der Waals surface area contributed by atoms with Crippen molar-refractivity contribution < 1.29 is 18.0 Å². The van der Waals surface area contributed by atoms with Gasteiger partial charge in [-0.05, 0) is 31.0 Å². The van der Waals surface area contributed by atoms with Crippen molar-refractivity contribution in [3.05, 3.63) is 36.0 Å². The normalized spacial score (nSPS) is 16.4. The Balaban J connectivity index is 1.87. The second kappa shape index (κ2) is 6.30. The van der Waals surface area contributed by atoms with E-state index >= 15 is 0 Å². The highest BCUT2D eigenvalue weighted by atomic mass is 19.4. The number of pyridine rings is 1. The number of carbonyl (C=O) groups excluding carboxylic acids is 1. The van der Waals surface area contributed by atoms with E-state index in [1.165, 1.54) is 12.3 Å². The van der Waals surface area contributed by atoms with E-state index in [0.29, 0.717) is 24.0 Å². The van der Waals surface area contributed by atoms with Gasteiger partial charge < -0.3 is 10.2 Å². The Morgan fingerprint density at radius 3 is 2.58 bits per heavy atom. The molecule has 4 nitrogen and oxygen atoms in total. The lowest BCUT2D eigenvalue weighted by molar-refractivity contribution is -0.137. The number of hydrogen-bond donors (Lipinski definition) is 1. The van der Waals surface area contributed by atoms with Crippen LogP contribution in [0.25, 0.3) is 10.9 Å². The molecule has 1 aromatic heterocycles. The second-order valence-electron chi connectivity index (χ2n) is 5.94. The van der Waals surface area contributed by atoms with Gasteiger partial charge in [0, 0.05) is 43.3 Å². The molecule has 0 unspecified atom stereocenters. The molecule has 0 radical (unpaired) electrons. The Hall–Kier alpha value is -2.31. The molecular weight excluding hydrogens is 319 g/mol. The molecule has 0 saturated carbocycles. The summed E-state index contributed by atoms with van der Waals surface area (Å²) < 4.78 is 38.5. The lowest BCUT2D eigenvalue weighted by Crippen LogP contribution is -2.39. The van der Waals surface area contributed by atoms with Gasteiger partial charge in [0.05, 0.1) is 11.1 Å². The highest BCUT2D eigenvalue weighted by molar-refractivity contribution is 5.92. The van der Waals surface area contributed by atoms with Gasteiger partial charge in [-0.2, -0.15) is 13.2 Å². The number of rotatable bonds is 2. The van der Waals surface area contributed by atoms with E-state index in [1.807, 2.05) is 6.07 Å². The van der Waals surface area contributed by atoms with Gasteiger partial charge in [-0.15, -0.1) is 0 Å². The van der Waals surface area contributed by atoms with Crippen LogP contribution in [0.4, 0.5) is 18.9 Å². The zero-order valence-electron chi connectivity index (χ0n) is 13.2. The molecule has 1 aromatic carbocycles. The first-order valence-electron chi connectivity index (χ1n) is 7.82. The number of aromatic nitrogens is 1. The highest BCUT2D eigenvalue weighted by Crippen LogP contribution is 2.34. The molecule has 128 valence electrons. The molecule has 0 atom stereocenters. The van der Waals surface area contributed by atoms with Gasteiger partial charge in [0.15, 0.2) is 0 Å². The maximum absolute atomic E-state index is 12.8. The van der Waals surface area contributed by atoms with E-state index < -0.39 is 11.7 Å². The number of amides is 1. The average molecular weight is 337 g/mol. The number of fused-ring (bicyclic) bond motifs is 1. The molecule has 2 heterocycles. The molecule has 0 aliphatic carbocycles. The fourth-order valence-corrected chi connectivity index (χ4v) is 3.17. The van der Waals surface area contributed by atoms with Crippen molar-refractivity contribution in [3.8, 4) is 0 Å². The van der Waals surface area contributed by atoms with Crippen LogP contribution in [0.1, 0.15) is 18.4 Å². The largest absolute Gasteiger partial charge is 0.416 e. The predicted molar refractivity (Wildman–Crippen MR) is 85.7 cm³/mol. The van der Waals surface area contributed by atoms with Crippen LogP contribution in [0.5, 0.6) is 0 Å². The smallest absolute Gasteiger partial charge is 0.371 e. The molecule has 2 aromatic rings. The summed E-state index contributed by atoms with van der Waals surface area (Å²) in [5.41, 5.74) is 0.498. The Kier molecular flexibility index (Phi) is 4.34. The minimum atomic E-state index is -4.38. The maximum Gasteiger partial charge on any atom is 0.416 e. The second-order valence-corrected chi connectivity index (χ2v) is 5.94. The minimum absolute atomic E-state index is 0.00353. The first-order valence-corrected chi connectivity index (χ1v) is 7.82. The molecule has 1 aliphatic rings. The molecule has 3 rings (SSSR count). The van der Waals surface area contributed by atoms with Crippen molar-refractivity contribution in [2.75, 3.05) is 25.0 Å². The number of hydrogen-bond acceptors (Lipinski definition) is 3. The molecule has 24 heavy (non-hydrogen) atoms. The Morgan fingerprint density at radius 2 is 1.96 bits per heavy atom. The van der Waals surface area contributed by atoms with E-state index in [-0.39, 0.29) is 11.8 Å². The summed E-state index contributed by atoms with van der Waals surface area (Å²) in [5, 5.41) is 3.36. The van der Waals surface area contributed by atoms with Gasteiger partial charge in [-0.3, -0.25) is 9.78 Å². The van der Waals surface area contributed by atoms with E-state index in [1.54, 1.807) is 7.05 Å². The summed E-state index contributed by atoms with van der Waals surface area (Å²) in [6.45, 7) is 1.39. The van der Waals surface area contributed by atoms with E-state index in [2.05, 4.69) is 15.2 Å². The number of halogens is 3. The summed E-state index contributed by atoms with van der Waals surface area (Å²) >= 11 is 0. The summed E-state index contributed by atoms with van der Waals surface area (Å²) in [7, 11) is 1.63. The number of nitrogens with zero attached hydrogens (tertiary/aromatic N) is 2. The zero-order valence-corrected chi connectivity index (χ0v) is 13.2. The first-order chi connectivity index (χ1) is 11.4. The number of piperidine rings is 1. The standard InChI is InChI=1S/C17H18F3N3O/c1-21-16(24)11-5-8-23(9-6-11)15-4-7-22-14-10-12(17(18,19)20)2-3-13(14)15/h2-4,7,10-11H,5-6,8-9H2,1H3,(H,21,24). The van der Waals surface area contributed by atoms with Crippen LogP contribution in [0, 0.1) is 5.92 Å². The van der Waals surface area contributed by atoms with Crippen molar-refractivity contribution in [2.24, 2.45) is 5.92 Å². The van der Waals surface area contributed by atoms with Gasteiger partial charge in [0.25, 0.3) is 0 Å². The lowest BCUT2D eigenvalue weighted by atomic mass is 9.95. The third-order valence-corrected chi connectivity index (χ3v) is 4.50. The van der Waals surface area contributed by atoms with Gasteiger partial charge in [-0.1, -0.05) is 6.07 Å². The molecule has 1 N–H and O–H groups in total. The quantitative estimate of drug-likeness (QED) is 0.915. The molecular formula is C17H18F3N3O. The van der Waals surface area contributed by atoms with Crippen LogP contribution in [0.2, 0.25) is 0 Å². The Labute approximate surface area is 137 Å². The molecule has 1 aliphatic heterocycles. The van der Waals surface area contributed by atoms with E-state index in [0.717, 1.165) is 30.7 Å². The number of anilines is 1. The van der Waals surface area contributed by atoms with Crippen LogP contribution in [0.3, 0.4) is 0 Å². The first kappa shape index (κ1) is 16.5. The molecule has 1 amide bonds. The molecule has 1 saturated heterocycles. The van der Waals surface area contributed by atoms with Crippen LogP contribution in [-0.2, 0) is 11.0 Å². The zero-order chi connectivity index (χ0) is 17.3. The fraction of sp³-hybridized carbons (Fsp3) is 0.412. The summed E-state index contributed by atoms with van der Waals surface area (Å²) in [6, 6.07) is 5.46. The van der Waals surface area contributed by atoms with Crippen LogP contribution >= 0.6 is 0 Å². The van der Waals surface area contributed by atoms with Crippen LogP contribution < -0.4 is 10.2 Å². The minimum Gasteiger partial charge on any atom is -0.371 e. The van der Waals surface area contributed by atoms with Gasteiger partial charge >= 0.3 is 6.18 Å². The van der Waals surface area contributed by atoms with Crippen molar-refractivity contribution >= 4 is 22.5 Å². The topological polar surface area (TPSA) is 45.2 Å². The van der Waals surface area contributed by atoms with Crippen molar-refractivity contribution in [2.45, 2.75) is 19.0 Å². The van der Waals surface area contributed by atoms with Gasteiger partial charge in [0.1, 0.15) is 0 Å². The Morgan fingerprint density at radius 1 is 1.25 bits per heavy atom. The summed E-state index contributed by atoms with van der Waals surface area (Å²) in [4.78, 5) is 17.9. The van der Waals surface area contributed by atoms with E-state index in [4.69, 9.17) is 0 Å². The van der Waals surface area contributed by atoms with Crippen molar-refractivity contribution in [1.29, 1.82) is 0 Å². The van der Waals surface area contributed by atoms with Crippen molar-refractivity contribution in [3.63, 3.8) is 0 Å². The maximum atomic E-state index is 12.8. The number of benzene rings is 1. The summed E-state index contributed by atoms with van der Waals surface area (Å²) in [5.74, 6) is 0.0419. The SMILES string of the molecule is CNC(=O)C1CCN(c2ccnc3cc(C(F)(F)F)ccc23)CC1. The van der Waals surface area contributed by atoms with E-state index in [9.17, 15) is 18.0 Å². The lowest BCUT2D eigenvalue weighted by Gasteiger charge is -2.33. The van der Waals surface area contributed by atoms with Crippen molar-refractivity contribution in [1.82, 2.24) is 10.3 Å². The van der Waals surface area contributed by atoms with Gasteiger partial charge in [0.2, 0.25) is 5.91 Å².